The molecule has 6 nitrogen and oxygen atoms in total. The van der Waals surface area contributed by atoms with Crippen LogP contribution in [0.5, 0.6) is 5.75 Å². The van der Waals surface area contributed by atoms with E-state index < -0.39 is 6.61 Å². The van der Waals surface area contributed by atoms with E-state index in [0.717, 1.165) is 22.6 Å². The fraction of sp³-hybridized carbons (Fsp3) is 0.474. The van der Waals surface area contributed by atoms with E-state index in [1.807, 2.05) is 26.8 Å². The molecule has 2 rings (SSSR count). The average Bonchev–Trinajstić information content (AvgIpc) is 2.95. The van der Waals surface area contributed by atoms with Crippen LogP contribution in [-0.4, -0.2) is 31.3 Å². The highest BCUT2D eigenvalue weighted by Crippen LogP contribution is 2.23. The minimum atomic E-state index is -2.86. The van der Waals surface area contributed by atoms with E-state index >= 15 is 0 Å². The number of nitrogens with zero attached hydrogens (tertiary/aromatic N) is 2. The van der Waals surface area contributed by atoms with Gasteiger partial charge in [-0.05, 0) is 26.8 Å². The second-order valence-electron chi connectivity index (χ2n) is 6.44. The number of hydrogen-bond donors (Lipinski definition) is 2. The van der Waals surface area contributed by atoms with E-state index in [1.165, 1.54) is 0 Å². The molecule has 1 aromatic carbocycles. The number of hydrogen-bond acceptors (Lipinski definition) is 4. The quantitative estimate of drug-likeness (QED) is 0.332. The highest BCUT2D eigenvalue weighted by atomic mass is 127. The van der Waals surface area contributed by atoms with Crippen molar-refractivity contribution >= 4 is 29.9 Å². The van der Waals surface area contributed by atoms with E-state index in [9.17, 15) is 8.78 Å². The first-order valence-electron chi connectivity index (χ1n) is 8.73. The summed E-state index contributed by atoms with van der Waals surface area (Å²) in [7, 11) is 1.66. The minimum Gasteiger partial charge on any atom is -0.434 e. The Morgan fingerprint density at radius 2 is 1.96 bits per heavy atom. The standard InChI is InChI=1S/C19H26F2N4O2.HI/c1-11-6-7-16(26-18(20)21)15(8-11)10-24-19(22-5)23-9-12(2)17-13(3)25-27-14(17)4;/h6-8,12,18H,9-10H2,1-5H3,(H2,22,23,24);1H. The number of aromatic nitrogens is 1. The van der Waals surface area contributed by atoms with Crippen molar-refractivity contribution in [3.05, 3.63) is 46.3 Å². The van der Waals surface area contributed by atoms with Crippen LogP contribution in [0.15, 0.2) is 27.7 Å². The molecule has 0 aliphatic carbocycles. The molecule has 9 heteroatoms. The highest BCUT2D eigenvalue weighted by molar-refractivity contribution is 14.0. The Balaban J connectivity index is 0.00000392. The summed E-state index contributed by atoms with van der Waals surface area (Å²) in [6.07, 6.45) is 0. The predicted molar refractivity (Wildman–Crippen MR) is 116 cm³/mol. The molecule has 2 aromatic rings. The lowest BCUT2D eigenvalue weighted by Crippen LogP contribution is -2.38. The van der Waals surface area contributed by atoms with Crippen molar-refractivity contribution < 1.29 is 18.0 Å². The van der Waals surface area contributed by atoms with Crippen LogP contribution in [0.25, 0.3) is 0 Å². The zero-order valence-corrected chi connectivity index (χ0v) is 19.0. The topological polar surface area (TPSA) is 71.7 Å². The molecule has 0 amide bonds. The Labute approximate surface area is 181 Å². The normalized spacial score (nSPS) is 12.5. The number of ether oxygens (including phenoxy) is 1. The van der Waals surface area contributed by atoms with Crippen LogP contribution >= 0.6 is 24.0 Å². The van der Waals surface area contributed by atoms with Crippen LogP contribution in [0, 0.1) is 20.8 Å². The molecule has 0 saturated carbocycles. The Kier molecular flexibility index (Phi) is 9.63. The maximum absolute atomic E-state index is 12.6. The molecule has 1 heterocycles. The molecule has 28 heavy (non-hydrogen) atoms. The summed E-state index contributed by atoms with van der Waals surface area (Å²) in [6, 6.07) is 5.10. The van der Waals surface area contributed by atoms with Crippen LogP contribution in [0.1, 0.15) is 41.0 Å². The molecule has 0 spiro atoms. The molecule has 1 aromatic heterocycles. The second-order valence-corrected chi connectivity index (χ2v) is 6.44. The number of guanidine groups is 1. The summed E-state index contributed by atoms with van der Waals surface area (Å²) in [4.78, 5) is 4.18. The van der Waals surface area contributed by atoms with Crippen molar-refractivity contribution in [2.24, 2.45) is 4.99 Å². The lowest BCUT2D eigenvalue weighted by molar-refractivity contribution is -0.0504. The van der Waals surface area contributed by atoms with Crippen LogP contribution < -0.4 is 15.4 Å². The van der Waals surface area contributed by atoms with Crippen LogP contribution in [0.4, 0.5) is 8.78 Å². The fourth-order valence-electron chi connectivity index (χ4n) is 3.00. The number of rotatable bonds is 7. The van der Waals surface area contributed by atoms with Crippen molar-refractivity contribution in [2.45, 2.75) is 46.8 Å². The Morgan fingerprint density at radius 1 is 1.25 bits per heavy atom. The molecule has 0 fully saturated rings. The molecular formula is C19H27F2IN4O2. The summed E-state index contributed by atoms with van der Waals surface area (Å²) in [6.45, 7) is 5.84. The van der Waals surface area contributed by atoms with Crippen molar-refractivity contribution in [3.63, 3.8) is 0 Å². The van der Waals surface area contributed by atoms with Crippen molar-refractivity contribution in [1.82, 2.24) is 15.8 Å². The van der Waals surface area contributed by atoms with Crippen LogP contribution in [-0.2, 0) is 6.54 Å². The lowest BCUT2D eigenvalue weighted by atomic mass is 10.00. The first-order valence-corrected chi connectivity index (χ1v) is 8.73. The van der Waals surface area contributed by atoms with Crippen LogP contribution in [0.2, 0.25) is 0 Å². The first-order chi connectivity index (χ1) is 12.8. The largest absolute Gasteiger partial charge is 0.434 e. The fourth-order valence-corrected chi connectivity index (χ4v) is 3.00. The number of halogens is 3. The molecule has 0 saturated heterocycles. The number of aryl methyl sites for hydroxylation is 3. The molecule has 1 unspecified atom stereocenters. The molecular weight excluding hydrogens is 481 g/mol. The molecule has 1 atom stereocenters. The number of aliphatic imine (C=N–C) groups is 1. The van der Waals surface area contributed by atoms with Gasteiger partial charge in [0.25, 0.3) is 0 Å². The van der Waals surface area contributed by atoms with Gasteiger partial charge in [-0.2, -0.15) is 8.78 Å². The van der Waals surface area contributed by atoms with Gasteiger partial charge in [-0.1, -0.05) is 29.8 Å². The maximum Gasteiger partial charge on any atom is 0.387 e. The smallest absolute Gasteiger partial charge is 0.387 e. The molecule has 0 aliphatic heterocycles. The lowest BCUT2D eigenvalue weighted by Gasteiger charge is -2.17. The van der Waals surface area contributed by atoms with Crippen molar-refractivity contribution in [1.29, 1.82) is 0 Å². The van der Waals surface area contributed by atoms with Crippen LogP contribution in [0.3, 0.4) is 0 Å². The van der Waals surface area contributed by atoms with E-state index in [-0.39, 0.29) is 35.6 Å². The summed E-state index contributed by atoms with van der Waals surface area (Å²) >= 11 is 0. The predicted octanol–water partition coefficient (Wildman–Crippen LogP) is 4.29. The Morgan fingerprint density at radius 3 is 2.54 bits per heavy atom. The molecule has 156 valence electrons. The summed E-state index contributed by atoms with van der Waals surface area (Å²) in [5, 5.41) is 10.3. The van der Waals surface area contributed by atoms with Gasteiger partial charge in [0.1, 0.15) is 11.5 Å². The molecule has 0 aliphatic rings. The van der Waals surface area contributed by atoms with Gasteiger partial charge in [0, 0.05) is 37.2 Å². The van der Waals surface area contributed by atoms with Gasteiger partial charge in [-0.25, -0.2) is 0 Å². The summed E-state index contributed by atoms with van der Waals surface area (Å²) < 4.78 is 35.0. The highest BCUT2D eigenvalue weighted by Gasteiger charge is 2.17. The molecule has 0 bridgehead atoms. The third kappa shape index (κ3) is 6.61. The van der Waals surface area contributed by atoms with Crippen molar-refractivity contribution in [2.75, 3.05) is 13.6 Å². The van der Waals surface area contributed by atoms with E-state index in [1.54, 1.807) is 19.2 Å². The Hall–Kier alpha value is -1.91. The zero-order chi connectivity index (χ0) is 20.0. The van der Waals surface area contributed by atoms with Gasteiger partial charge in [-0.3, -0.25) is 4.99 Å². The number of nitrogens with one attached hydrogen (secondary N) is 2. The minimum absolute atomic E-state index is 0. The zero-order valence-electron chi connectivity index (χ0n) is 16.7. The van der Waals surface area contributed by atoms with Crippen molar-refractivity contribution in [3.8, 4) is 5.75 Å². The van der Waals surface area contributed by atoms with E-state index in [4.69, 9.17) is 4.52 Å². The van der Waals surface area contributed by atoms with Gasteiger partial charge in [0.15, 0.2) is 5.96 Å². The van der Waals surface area contributed by atoms with Gasteiger partial charge >= 0.3 is 6.61 Å². The van der Waals surface area contributed by atoms with E-state index in [2.05, 4.69) is 32.4 Å². The molecule has 2 N–H and O–H groups in total. The molecule has 0 radical (unpaired) electrons. The average molecular weight is 508 g/mol. The van der Waals surface area contributed by atoms with Gasteiger partial charge in [0.2, 0.25) is 0 Å². The SMILES string of the molecule is CN=C(NCc1cc(C)ccc1OC(F)F)NCC(C)c1c(C)noc1C.I. The summed E-state index contributed by atoms with van der Waals surface area (Å²) in [5.74, 6) is 1.70. The number of alkyl halides is 2. The first kappa shape index (κ1) is 24.1. The maximum atomic E-state index is 12.6. The van der Waals surface area contributed by atoms with Gasteiger partial charge < -0.3 is 19.9 Å². The summed E-state index contributed by atoms with van der Waals surface area (Å²) in [5.41, 5.74) is 3.54. The Bertz CT molecular complexity index is 777. The third-order valence-electron chi connectivity index (χ3n) is 4.26. The van der Waals surface area contributed by atoms with Gasteiger partial charge in [0.05, 0.1) is 5.69 Å². The third-order valence-corrected chi connectivity index (χ3v) is 4.26. The van der Waals surface area contributed by atoms with Gasteiger partial charge in [-0.15, -0.1) is 24.0 Å². The monoisotopic (exact) mass is 508 g/mol. The second kappa shape index (κ2) is 11.2. The van der Waals surface area contributed by atoms with E-state index in [0.29, 0.717) is 24.6 Å². The number of benzene rings is 1.